The minimum atomic E-state index is 0.165. The van der Waals surface area contributed by atoms with Crippen LogP contribution in [-0.4, -0.2) is 45.8 Å². The zero-order valence-electron chi connectivity index (χ0n) is 14.9. The van der Waals surface area contributed by atoms with E-state index in [1.54, 1.807) is 12.4 Å². The van der Waals surface area contributed by atoms with E-state index in [1.165, 1.54) is 0 Å². The van der Waals surface area contributed by atoms with Crippen LogP contribution in [0.1, 0.15) is 18.5 Å². The van der Waals surface area contributed by atoms with E-state index in [9.17, 15) is 4.79 Å². The van der Waals surface area contributed by atoms with Gasteiger partial charge >= 0.3 is 0 Å². The van der Waals surface area contributed by atoms with Gasteiger partial charge in [-0.1, -0.05) is 0 Å². The Kier molecular flexibility index (Phi) is 4.71. The zero-order chi connectivity index (χ0) is 17.9. The minimum absolute atomic E-state index is 0.165. The predicted octanol–water partition coefficient (Wildman–Crippen LogP) is 3.15. The molecule has 4 rings (SSSR count). The van der Waals surface area contributed by atoms with E-state index in [0.29, 0.717) is 12.2 Å². The third-order valence-corrected chi connectivity index (χ3v) is 5.12. The first-order valence-corrected chi connectivity index (χ1v) is 9.06. The molecule has 1 aliphatic heterocycles. The van der Waals surface area contributed by atoms with Crippen LogP contribution in [0.4, 0.5) is 0 Å². The number of piperidine rings is 1. The van der Waals surface area contributed by atoms with E-state index in [0.717, 1.165) is 53.8 Å². The molecule has 5 nitrogen and oxygen atoms in total. The molecule has 1 aliphatic rings. The molecule has 0 radical (unpaired) electrons. The second-order valence-electron chi connectivity index (χ2n) is 7.03. The molecule has 0 unspecified atom stereocenters. The number of aromatic nitrogens is 3. The molecule has 0 aromatic carbocycles. The summed E-state index contributed by atoms with van der Waals surface area (Å²) in [5.41, 5.74) is 3.53. The molecular formula is C21H22N4O. The average molecular weight is 346 g/mol. The summed E-state index contributed by atoms with van der Waals surface area (Å²) in [4.78, 5) is 28.3. The monoisotopic (exact) mass is 346 g/mol. The van der Waals surface area contributed by atoms with Crippen molar-refractivity contribution in [1.82, 2.24) is 19.9 Å². The van der Waals surface area contributed by atoms with Gasteiger partial charge in [0.2, 0.25) is 0 Å². The van der Waals surface area contributed by atoms with Crippen molar-refractivity contribution in [1.29, 1.82) is 0 Å². The number of carbonyl (C=O) groups excluding carboxylic acids is 1. The Labute approximate surface area is 153 Å². The van der Waals surface area contributed by atoms with Crippen LogP contribution in [0.2, 0.25) is 0 Å². The number of ketones is 1. The Morgan fingerprint density at radius 2 is 2.04 bits per heavy atom. The standard InChI is InChI=1S/C21H22N4O/c1-25-9-6-15(7-10-25)21(26)12-18-11-20-17(14-23-18)4-5-19(24-20)16-3-2-8-22-13-16/h2-5,8,11,13-15H,6-7,9-10,12H2,1H3. The fourth-order valence-electron chi connectivity index (χ4n) is 3.48. The summed E-state index contributed by atoms with van der Waals surface area (Å²) in [7, 11) is 2.11. The number of Topliss-reactive ketones (excluding diaryl/α,β-unsaturated/α-hetero) is 1. The van der Waals surface area contributed by atoms with Gasteiger partial charge in [-0.15, -0.1) is 0 Å². The third-order valence-electron chi connectivity index (χ3n) is 5.12. The normalized spacial score (nSPS) is 16.0. The Balaban J connectivity index is 1.55. The molecule has 1 fully saturated rings. The molecule has 0 saturated carbocycles. The summed E-state index contributed by atoms with van der Waals surface area (Å²) < 4.78 is 0. The van der Waals surface area contributed by atoms with Gasteiger partial charge in [-0.25, -0.2) is 4.98 Å². The number of hydrogen-bond donors (Lipinski definition) is 0. The van der Waals surface area contributed by atoms with Gasteiger partial charge in [-0.2, -0.15) is 0 Å². The van der Waals surface area contributed by atoms with Crippen LogP contribution < -0.4 is 0 Å². The second kappa shape index (κ2) is 7.30. The lowest BCUT2D eigenvalue weighted by atomic mass is 9.90. The van der Waals surface area contributed by atoms with Crippen LogP contribution >= 0.6 is 0 Å². The fourth-order valence-corrected chi connectivity index (χ4v) is 3.48. The summed E-state index contributed by atoms with van der Waals surface area (Å²) in [5, 5.41) is 0.980. The number of carbonyl (C=O) groups is 1. The molecule has 0 bridgehead atoms. The molecule has 4 heterocycles. The Hall–Kier alpha value is -2.66. The highest BCUT2D eigenvalue weighted by Crippen LogP contribution is 2.22. The Bertz CT molecular complexity index is 918. The van der Waals surface area contributed by atoms with Crippen LogP contribution in [0.25, 0.3) is 22.2 Å². The van der Waals surface area contributed by atoms with Crippen LogP contribution in [0, 0.1) is 5.92 Å². The molecule has 5 heteroatoms. The maximum Gasteiger partial charge on any atom is 0.142 e. The van der Waals surface area contributed by atoms with Crippen molar-refractivity contribution in [3.8, 4) is 11.3 Å². The smallest absolute Gasteiger partial charge is 0.142 e. The maximum atomic E-state index is 12.6. The highest BCUT2D eigenvalue weighted by molar-refractivity contribution is 5.85. The topological polar surface area (TPSA) is 59.0 Å². The van der Waals surface area contributed by atoms with Gasteiger partial charge < -0.3 is 4.90 Å². The maximum absolute atomic E-state index is 12.6. The van der Waals surface area contributed by atoms with E-state index < -0.39 is 0 Å². The van der Waals surface area contributed by atoms with E-state index in [1.807, 2.05) is 36.5 Å². The quantitative estimate of drug-likeness (QED) is 0.726. The Morgan fingerprint density at radius 3 is 2.81 bits per heavy atom. The SMILES string of the molecule is CN1CCC(C(=O)Cc2cc3nc(-c4cccnc4)ccc3cn2)CC1. The first kappa shape index (κ1) is 16.8. The number of pyridine rings is 3. The number of fused-ring (bicyclic) bond motifs is 1. The van der Waals surface area contributed by atoms with Crippen molar-refractivity contribution in [2.45, 2.75) is 19.3 Å². The lowest BCUT2D eigenvalue weighted by molar-refractivity contribution is -0.123. The molecule has 1 saturated heterocycles. The van der Waals surface area contributed by atoms with Crippen LogP contribution in [0.5, 0.6) is 0 Å². The summed E-state index contributed by atoms with van der Waals surface area (Å²) in [6.45, 7) is 2.00. The lowest BCUT2D eigenvalue weighted by Gasteiger charge is -2.27. The van der Waals surface area contributed by atoms with Gasteiger partial charge in [0.25, 0.3) is 0 Å². The van der Waals surface area contributed by atoms with Gasteiger partial charge in [-0.3, -0.25) is 14.8 Å². The molecule has 3 aromatic heterocycles. The summed E-state index contributed by atoms with van der Waals surface area (Å²) in [6, 6.07) is 9.83. The molecular weight excluding hydrogens is 324 g/mol. The van der Waals surface area contributed by atoms with Gasteiger partial charge in [0.15, 0.2) is 0 Å². The molecule has 26 heavy (non-hydrogen) atoms. The van der Waals surface area contributed by atoms with Crippen molar-refractivity contribution in [3.05, 3.63) is 54.6 Å². The van der Waals surface area contributed by atoms with Crippen LogP contribution in [-0.2, 0) is 11.2 Å². The molecule has 132 valence electrons. The van der Waals surface area contributed by atoms with Gasteiger partial charge in [0, 0.05) is 47.6 Å². The molecule has 0 spiro atoms. The molecule has 0 aliphatic carbocycles. The average Bonchev–Trinajstić information content (AvgIpc) is 2.68. The van der Waals surface area contributed by atoms with E-state index in [2.05, 4.69) is 21.9 Å². The highest BCUT2D eigenvalue weighted by atomic mass is 16.1. The van der Waals surface area contributed by atoms with Crippen LogP contribution in [0.3, 0.4) is 0 Å². The van der Waals surface area contributed by atoms with E-state index >= 15 is 0 Å². The van der Waals surface area contributed by atoms with Crippen molar-refractivity contribution in [3.63, 3.8) is 0 Å². The first-order chi connectivity index (χ1) is 12.7. The second-order valence-corrected chi connectivity index (χ2v) is 7.03. The van der Waals surface area contributed by atoms with E-state index in [-0.39, 0.29) is 5.92 Å². The lowest BCUT2D eigenvalue weighted by Crippen LogP contribution is -2.34. The molecule has 3 aromatic rings. The fraction of sp³-hybridized carbons (Fsp3) is 0.333. The van der Waals surface area contributed by atoms with Crippen molar-refractivity contribution < 1.29 is 4.79 Å². The van der Waals surface area contributed by atoms with Crippen molar-refractivity contribution >= 4 is 16.7 Å². The largest absolute Gasteiger partial charge is 0.306 e. The highest BCUT2D eigenvalue weighted by Gasteiger charge is 2.23. The van der Waals surface area contributed by atoms with Crippen molar-refractivity contribution in [2.75, 3.05) is 20.1 Å². The van der Waals surface area contributed by atoms with Gasteiger partial charge in [0.1, 0.15) is 5.78 Å². The first-order valence-electron chi connectivity index (χ1n) is 9.06. The summed E-state index contributed by atoms with van der Waals surface area (Å²) >= 11 is 0. The third kappa shape index (κ3) is 3.63. The number of hydrogen-bond acceptors (Lipinski definition) is 5. The van der Waals surface area contributed by atoms with Gasteiger partial charge in [-0.05, 0) is 63.3 Å². The summed E-state index contributed by atoms with van der Waals surface area (Å²) in [5.74, 6) is 0.465. The molecule has 0 atom stereocenters. The number of rotatable bonds is 4. The molecule has 0 amide bonds. The zero-order valence-corrected chi connectivity index (χ0v) is 14.9. The van der Waals surface area contributed by atoms with Gasteiger partial charge in [0.05, 0.1) is 11.2 Å². The van der Waals surface area contributed by atoms with E-state index in [4.69, 9.17) is 4.98 Å². The van der Waals surface area contributed by atoms with Crippen molar-refractivity contribution in [2.24, 2.45) is 5.92 Å². The number of nitrogens with zero attached hydrogens (tertiary/aromatic N) is 4. The minimum Gasteiger partial charge on any atom is -0.306 e. The Morgan fingerprint density at radius 1 is 1.19 bits per heavy atom. The number of likely N-dealkylation sites (tertiary alicyclic amines) is 1. The summed E-state index contributed by atoms with van der Waals surface area (Å²) in [6.07, 6.45) is 7.66. The molecule has 0 N–H and O–H groups in total. The predicted molar refractivity (Wildman–Crippen MR) is 102 cm³/mol. The van der Waals surface area contributed by atoms with Crippen LogP contribution in [0.15, 0.2) is 48.9 Å².